The number of esters is 1. The molecule has 2 saturated heterocycles. The lowest BCUT2D eigenvalue weighted by Crippen LogP contribution is -2.66. The van der Waals surface area contributed by atoms with Crippen molar-refractivity contribution in [3.63, 3.8) is 0 Å². The number of hydrogen-bond acceptors (Lipinski definition) is 14. The van der Waals surface area contributed by atoms with Crippen LogP contribution >= 0.6 is 0 Å². The van der Waals surface area contributed by atoms with Crippen LogP contribution < -0.4 is 21.1 Å². The van der Waals surface area contributed by atoms with Gasteiger partial charge < -0.3 is 55.4 Å². The molecule has 2 aromatic carbocycles. The number of benzene rings is 2. The summed E-state index contributed by atoms with van der Waals surface area (Å²) in [5.74, 6) is -4.41. The molecule has 18 heteroatoms. The number of hydrogen-bond donors (Lipinski definition) is 6. The van der Waals surface area contributed by atoms with Crippen molar-refractivity contribution in [3.05, 3.63) is 80.8 Å². The van der Waals surface area contributed by atoms with E-state index in [2.05, 4.69) is 10.6 Å². The van der Waals surface area contributed by atoms with Gasteiger partial charge in [0.15, 0.2) is 11.4 Å². The number of fused-ring (bicyclic) bond motifs is 5. The summed E-state index contributed by atoms with van der Waals surface area (Å²) in [6, 6.07) is 5.41. The van der Waals surface area contributed by atoms with Gasteiger partial charge >= 0.3 is 18.0 Å². The zero-order chi connectivity index (χ0) is 44.3. The van der Waals surface area contributed by atoms with E-state index in [1.807, 2.05) is 6.08 Å². The molecule has 1 saturated carbocycles. The third-order valence-corrected chi connectivity index (χ3v) is 14.1. The fourth-order valence-corrected chi connectivity index (χ4v) is 10.6. The number of nitrogens with one attached hydrogen (secondary N) is 2. The second kappa shape index (κ2) is 14.6. The Balaban J connectivity index is 0.931. The van der Waals surface area contributed by atoms with Gasteiger partial charge in [-0.1, -0.05) is 6.07 Å². The number of carboxylic acid groups (broad SMARTS) is 1. The molecule has 330 valence electrons. The van der Waals surface area contributed by atoms with Crippen LogP contribution in [-0.2, 0) is 57.6 Å². The topological polar surface area (TPSA) is 258 Å². The zero-order valence-electron chi connectivity index (χ0n) is 34.4. The molecule has 0 bridgehead atoms. The van der Waals surface area contributed by atoms with Crippen molar-refractivity contribution < 1.29 is 67.4 Å². The lowest BCUT2D eigenvalue weighted by Gasteiger charge is -2.46. The first-order valence-electron chi connectivity index (χ1n) is 21.1. The van der Waals surface area contributed by atoms with Gasteiger partial charge in [0.2, 0.25) is 11.5 Å². The van der Waals surface area contributed by atoms with Crippen LogP contribution in [0.1, 0.15) is 72.2 Å². The molecule has 4 unspecified atom stereocenters. The largest absolute Gasteiger partial charge is 0.488 e. The molecule has 7 N–H and O–H groups in total. The lowest BCUT2D eigenvalue weighted by atomic mass is 9.80. The number of aromatic nitrogens is 1. The fourth-order valence-electron chi connectivity index (χ4n) is 10.6. The summed E-state index contributed by atoms with van der Waals surface area (Å²) >= 11 is 0. The molecule has 4 heterocycles. The number of epoxide rings is 1. The van der Waals surface area contributed by atoms with Crippen molar-refractivity contribution >= 4 is 51.9 Å². The van der Waals surface area contributed by atoms with E-state index in [1.54, 1.807) is 19.9 Å². The van der Waals surface area contributed by atoms with Crippen molar-refractivity contribution in [2.45, 2.75) is 94.0 Å². The fraction of sp³-hybridized carbons (Fsp3) is 0.467. The molecule has 1 aromatic heterocycles. The molecule has 17 nitrogen and oxygen atoms in total. The Morgan fingerprint density at radius 1 is 1.13 bits per heavy atom. The number of nitrogens with two attached hydrogens (primary N) is 1. The molecule has 7 aliphatic rings. The number of aryl methyl sites for hydroxylation is 1. The van der Waals surface area contributed by atoms with E-state index in [0.717, 1.165) is 27.6 Å². The van der Waals surface area contributed by atoms with Gasteiger partial charge in [0.25, 0.3) is 0 Å². The second-order valence-corrected chi connectivity index (χ2v) is 17.5. The number of carboxylic acids is 1. The molecule has 2 spiro atoms. The molecule has 3 aliphatic heterocycles. The van der Waals surface area contributed by atoms with Gasteiger partial charge in [-0.3, -0.25) is 14.4 Å². The Morgan fingerprint density at radius 3 is 2.62 bits per heavy atom. The molecular formula is C45H45FN4O13. The van der Waals surface area contributed by atoms with Crippen LogP contribution in [0.25, 0.3) is 16.5 Å². The van der Waals surface area contributed by atoms with Gasteiger partial charge in [-0.05, 0) is 103 Å². The summed E-state index contributed by atoms with van der Waals surface area (Å²) in [4.78, 5) is 69.8. The number of alkyl carbamates (subject to hydrolysis) is 1. The molecule has 3 aromatic rings. The van der Waals surface area contributed by atoms with Crippen LogP contribution in [0.5, 0.6) is 5.75 Å². The number of carbonyl (C=O) groups excluding carboxylic acids is 4. The quantitative estimate of drug-likeness (QED) is 0.134. The molecule has 4 aliphatic carbocycles. The predicted molar refractivity (Wildman–Crippen MR) is 216 cm³/mol. The number of amides is 2. The number of halogens is 1. The molecular weight excluding hydrogens is 824 g/mol. The minimum absolute atomic E-state index is 0.0955. The Bertz CT molecular complexity index is 2650. The number of rotatable bonds is 9. The molecule has 63 heavy (non-hydrogen) atoms. The summed E-state index contributed by atoms with van der Waals surface area (Å²) < 4.78 is 43.9. The van der Waals surface area contributed by atoms with Crippen molar-refractivity contribution in [3.8, 4) is 5.75 Å². The molecule has 2 amide bonds. The van der Waals surface area contributed by atoms with Crippen LogP contribution in [0.3, 0.4) is 0 Å². The highest BCUT2D eigenvalue weighted by Crippen LogP contribution is 2.60. The number of nitrogens with zero attached hydrogens (tertiary/aromatic N) is 1. The van der Waals surface area contributed by atoms with Gasteiger partial charge in [0, 0.05) is 29.0 Å². The minimum Gasteiger partial charge on any atom is -0.488 e. The number of ketones is 1. The highest BCUT2D eigenvalue weighted by molar-refractivity contribution is 6.05. The maximum atomic E-state index is 15.6. The SMILES string of the molecule is Cc1c(F)cc2nc3c(c4c2c1CC[C@@H]4NC(=O)OCc1ccc(OCC2(O)CO[C@]24C(C(=O)O)[C@H]4O)c(NC(=O)CN)c1)CCCC1CC(=O)C2=C(C=C31)[C@]1(OC1C)C(=O)OC2. The van der Waals surface area contributed by atoms with E-state index in [0.29, 0.717) is 65.6 Å². The summed E-state index contributed by atoms with van der Waals surface area (Å²) in [5.41, 5.74) is 6.91. The second-order valence-electron chi connectivity index (χ2n) is 17.5. The average molecular weight is 869 g/mol. The van der Waals surface area contributed by atoms with Gasteiger partial charge in [0.05, 0.1) is 36.1 Å². The predicted octanol–water partition coefficient (Wildman–Crippen LogP) is 2.77. The molecule has 10 rings (SSSR count). The highest BCUT2D eigenvalue weighted by atomic mass is 19.1. The monoisotopic (exact) mass is 868 g/mol. The van der Waals surface area contributed by atoms with Crippen molar-refractivity contribution in [1.29, 1.82) is 0 Å². The number of allylic oxidation sites excluding steroid dienone is 1. The van der Waals surface area contributed by atoms with Gasteiger partial charge in [-0.2, -0.15) is 0 Å². The minimum atomic E-state index is -1.82. The molecule has 3 fully saturated rings. The van der Waals surface area contributed by atoms with E-state index in [4.69, 9.17) is 34.4 Å². The standard InChI is InChI=1S/C45H45FN4O13/c1-19-23-7-8-29(50-42(57)60-15-21-6-9-33(30(10-21)48-34(52)14-47)61-17-43(58)18-62-45(43)37(39(45)53)40(54)55)36-24-5-3-4-22-11-32(51)26-16-59-41(56)44(20(2)63-44)27(26)12-25(22)38(24)49-31(35(23)36)13-28(19)46/h6,9-10,12-13,20,22,29,37,39,53,58H,3-5,7-8,11,14-18,47H2,1-2H3,(H,48,52)(H,50,57)(H,54,55)/t20?,22?,29-,37?,39+,43?,44-,45-/m0/s1. The third-order valence-electron chi connectivity index (χ3n) is 14.1. The maximum Gasteiger partial charge on any atom is 0.407 e. The van der Waals surface area contributed by atoms with Crippen LogP contribution in [0, 0.1) is 24.6 Å². The first-order chi connectivity index (χ1) is 30.1. The summed E-state index contributed by atoms with van der Waals surface area (Å²) in [6.45, 7) is 2.01. The number of pyridine rings is 1. The number of carbonyl (C=O) groups is 5. The van der Waals surface area contributed by atoms with E-state index < -0.39 is 77.3 Å². The number of aliphatic hydroxyl groups is 2. The zero-order valence-corrected chi connectivity index (χ0v) is 34.4. The smallest absolute Gasteiger partial charge is 0.407 e. The Morgan fingerprint density at radius 2 is 1.92 bits per heavy atom. The van der Waals surface area contributed by atoms with E-state index in [9.17, 15) is 39.3 Å². The normalized spacial score (nSPS) is 31.1. The highest BCUT2D eigenvalue weighted by Gasteiger charge is 2.84. The number of ether oxygens (including phenoxy) is 5. The Labute approximate surface area is 358 Å². The van der Waals surface area contributed by atoms with Gasteiger partial charge in [-0.15, -0.1) is 0 Å². The van der Waals surface area contributed by atoms with Crippen LogP contribution in [0.4, 0.5) is 14.9 Å². The number of aliphatic carboxylic acids is 1. The van der Waals surface area contributed by atoms with Crippen LogP contribution in [0.2, 0.25) is 0 Å². The first kappa shape index (κ1) is 41.2. The number of aliphatic hydroxyl groups excluding tert-OH is 1. The van der Waals surface area contributed by atoms with Crippen molar-refractivity contribution in [2.75, 3.05) is 31.7 Å². The van der Waals surface area contributed by atoms with Crippen LogP contribution in [-0.4, -0.2) is 105 Å². The molecule has 0 radical (unpaired) electrons. The summed E-state index contributed by atoms with van der Waals surface area (Å²) in [7, 11) is 0. The van der Waals surface area contributed by atoms with Crippen molar-refractivity contribution in [2.24, 2.45) is 17.6 Å². The first-order valence-corrected chi connectivity index (χ1v) is 21.1. The number of Topliss-reactive ketones (excluding diaryl/α,β-unsaturated/α-hetero) is 1. The Hall–Kier alpha value is -5.79. The summed E-state index contributed by atoms with van der Waals surface area (Å²) in [5, 5.41) is 37.3. The number of anilines is 1. The Kier molecular flexibility index (Phi) is 9.58. The van der Waals surface area contributed by atoms with E-state index in [-0.39, 0.29) is 55.9 Å². The molecule has 8 atom stereocenters. The van der Waals surface area contributed by atoms with Gasteiger partial charge in [-0.25, -0.2) is 19.0 Å². The van der Waals surface area contributed by atoms with Crippen molar-refractivity contribution in [1.82, 2.24) is 10.3 Å². The van der Waals surface area contributed by atoms with Crippen LogP contribution in [0.15, 0.2) is 41.5 Å². The lowest BCUT2D eigenvalue weighted by molar-refractivity contribution is -0.280. The maximum absolute atomic E-state index is 15.6. The van der Waals surface area contributed by atoms with E-state index in [1.165, 1.54) is 18.2 Å². The third kappa shape index (κ3) is 6.20. The average Bonchev–Trinajstić information content (AvgIpc) is 4.15. The van der Waals surface area contributed by atoms with E-state index >= 15 is 4.39 Å². The summed E-state index contributed by atoms with van der Waals surface area (Å²) in [6.07, 6.45) is 2.22. The van der Waals surface area contributed by atoms with Gasteiger partial charge in [0.1, 0.15) is 55.1 Å². The number of cyclic esters (lactones) is 1.